The molecule has 2 saturated heterocycles. The number of nitrogens with zero attached hydrogens (tertiary/aromatic N) is 3. The fourth-order valence-electron chi connectivity index (χ4n) is 4.44. The predicted octanol–water partition coefficient (Wildman–Crippen LogP) is 2.98. The Balaban J connectivity index is 1.28. The molecule has 3 fully saturated rings. The van der Waals surface area contributed by atoms with Crippen molar-refractivity contribution in [3.8, 4) is 5.88 Å². The highest BCUT2D eigenvalue weighted by atomic mass is 32.2. The third-order valence-corrected chi connectivity index (χ3v) is 7.53. The van der Waals surface area contributed by atoms with Crippen molar-refractivity contribution in [1.29, 1.82) is 0 Å². The van der Waals surface area contributed by atoms with Crippen LogP contribution in [0.4, 0.5) is 20.7 Å². The molecule has 1 amide bonds. The van der Waals surface area contributed by atoms with E-state index in [2.05, 4.69) is 15.3 Å². The first kappa shape index (κ1) is 23.7. The van der Waals surface area contributed by atoms with E-state index in [9.17, 15) is 17.6 Å². The van der Waals surface area contributed by atoms with Crippen LogP contribution in [0.5, 0.6) is 5.88 Å². The van der Waals surface area contributed by atoms with Gasteiger partial charge in [-0.15, -0.1) is 0 Å². The lowest BCUT2D eigenvalue weighted by atomic mass is 9.92. The number of nitrogens with one attached hydrogen (secondary N) is 1. The highest BCUT2D eigenvalue weighted by Crippen LogP contribution is 2.34. The molecule has 3 aliphatic rings. The number of hydrogen-bond donors (Lipinski definition) is 1. The van der Waals surface area contributed by atoms with E-state index in [4.69, 9.17) is 14.2 Å². The van der Waals surface area contributed by atoms with E-state index in [1.165, 1.54) is 18.5 Å². The van der Waals surface area contributed by atoms with Crippen LogP contribution in [-0.4, -0.2) is 73.1 Å². The zero-order chi connectivity index (χ0) is 24.7. The molecular formula is C23H27FN4O6S. The van der Waals surface area contributed by atoms with Crippen molar-refractivity contribution in [3.63, 3.8) is 0 Å². The highest BCUT2D eigenvalue weighted by molar-refractivity contribution is 7.90. The normalized spacial score (nSPS) is 24.1. The van der Waals surface area contributed by atoms with E-state index in [0.717, 1.165) is 25.2 Å². The van der Waals surface area contributed by atoms with Crippen LogP contribution < -0.4 is 10.1 Å². The van der Waals surface area contributed by atoms with Crippen LogP contribution in [0.3, 0.4) is 0 Å². The highest BCUT2D eigenvalue weighted by Gasteiger charge is 2.44. The van der Waals surface area contributed by atoms with Crippen LogP contribution in [0.2, 0.25) is 0 Å². The number of carbonyl (C=O) groups is 1. The van der Waals surface area contributed by atoms with Gasteiger partial charge in [-0.3, -0.25) is 4.90 Å². The van der Waals surface area contributed by atoms with E-state index in [1.807, 2.05) is 0 Å². The summed E-state index contributed by atoms with van der Waals surface area (Å²) in [6.45, 7) is 2.61. The summed E-state index contributed by atoms with van der Waals surface area (Å²) in [4.78, 5) is 22.8. The Bertz CT molecular complexity index is 1220. The number of halogens is 1. The molecule has 3 heterocycles. The molecule has 12 heteroatoms. The largest absolute Gasteiger partial charge is 0.474 e. The van der Waals surface area contributed by atoms with Crippen LogP contribution in [0.15, 0.2) is 29.4 Å². The van der Waals surface area contributed by atoms with Crippen LogP contribution in [0, 0.1) is 12.7 Å². The van der Waals surface area contributed by atoms with Gasteiger partial charge in [0.1, 0.15) is 30.2 Å². The minimum atomic E-state index is -3.52. The van der Waals surface area contributed by atoms with Gasteiger partial charge >= 0.3 is 6.09 Å². The van der Waals surface area contributed by atoms with Gasteiger partial charge in [-0.25, -0.2) is 27.6 Å². The molecule has 1 aromatic carbocycles. The molecule has 1 saturated carbocycles. The van der Waals surface area contributed by atoms with Crippen molar-refractivity contribution in [2.45, 2.75) is 61.8 Å². The smallest absolute Gasteiger partial charge is 0.410 e. The Morgan fingerprint density at radius 2 is 1.89 bits per heavy atom. The first-order valence-electron chi connectivity index (χ1n) is 11.5. The zero-order valence-electron chi connectivity index (χ0n) is 19.4. The van der Waals surface area contributed by atoms with Crippen molar-refractivity contribution in [3.05, 3.63) is 35.9 Å². The van der Waals surface area contributed by atoms with Crippen molar-refractivity contribution < 1.29 is 31.8 Å². The van der Waals surface area contributed by atoms with Crippen molar-refractivity contribution in [1.82, 2.24) is 14.9 Å². The maximum Gasteiger partial charge on any atom is 0.410 e. The quantitative estimate of drug-likeness (QED) is 0.630. The number of sulfone groups is 1. The Morgan fingerprint density at radius 3 is 2.51 bits per heavy atom. The number of anilines is 2. The molecule has 35 heavy (non-hydrogen) atoms. The first-order chi connectivity index (χ1) is 16.7. The lowest BCUT2D eigenvalue weighted by Crippen LogP contribution is -2.61. The van der Waals surface area contributed by atoms with Gasteiger partial charge < -0.3 is 19.5 Å². The van der Waals surface area contributed by atoms with Crippen LogP contribution in [-0.2, 0) is 19.3 Å². The maximum atomic E-state index is 14.5. The number of ether oxygens (including phenoxy) is 3. The maximum absolute atomic E-state index is 14.5. The summed E-state index contributed by atoms with van der Waals surface area (Å²) < 4.78 is 55.3. The fraction of sp³-hybridized carbons (Fsp3) is 0.522. The number of rotatable bonds is 6. The van der Waals surface area contributed by atoms with Crippen molar-refractivity contribution in [2.75, 3.05) is 24.8 Å². The summed E-state index contributed by atoms with van der Waals surface area (Å²) in [5.74, 6) is -0.0182. The summed E-state index contributed by atoms with van der Waals surface area (Å²) in [7, 11) is -3.52. The molecule has 2 unspecified atom stereocenters. The summed E-state index contributed by atoms with van der Waals surface area (Å²) in [5, 5.41) is 2.89. The molecule has 188 valence electrons. The van der Waals surface area contributed by atoms with Gasteiger partial charge in [0, 0.05) is 19.1 Å². The molecule has 1 N–H and O–H groups in total. The average Bonchev–Trinajstić information content (AvgIpc) is 3.60. The van der Waals surface area contributed by atoms with E-state index >= 15 is 0 Å². The molecule has 5 rings (SSSR count). The van der Waals surface area contributed by atoms with Gasteiger partial charge in [-0.2, -0.15) is 0 Å². The first-order valence-corrected chi connectivity index (χ1v) is 13.4. The minimum absolute atomic E-state index is 0.0418. The second-order valence-electron chi connectivity index (χ2n) is 9.24. The SMILES string of the molecule is Cc1c(Nc2ccc(S(C)(=O)=O)cc2F)ncnc1OC1CC2COCC(C1)N2C(=O)OC1CC1. The number of amides is 1. The Labute approximate surface area is 202 Å². The summed E-state index contributed by atoms with van der Waals surface area (Å²) in [5.41, 5.74) is 0.662. The molecule has 1 aliphatic carbocycles. The standard InChI is InChI=1S/C23H27FN4O6S/c1-13-21(27-20-6-5-18(9-19(20)24)35(2,30)31)25-12-26-22(13)33-17-7-14-10-32-11-15(8-17)28(14)23(29)34-16-3-4-16/h5-6,9,12,14-17H,3-4,7-8,10-11H2,1-2H3,(H,25,26,27). The molecule has 2 aromatic rings. The average molecular weight is 507 g/mol. The van der Waals surface area contributed by atoms with Gasteiger partial charge in [0.2, 0.25) is 5.88 Å². The Kier molecular flexibility index (Phi) is 6.26. The topological polar surface area (TPSA) is 120 Å². The van der Waals surface area contributed by atoms with Gasteiger partial charge in [0.25, 0.3) is 0 Å². The predicted molar refractivity (Wildman–Crippen MR) is 123 cm³/mol. The van der Waals surface area contributed by atoms with E-state index in [1.54, 1.807) is 11.8 Å². The lowest BCUT2D eigenvalue weighted by Gasteiger charge is -2.47. The third kappa shape index (κ3) is 5.18. The molecule has 0 radical (unpaired) electrons. The van der Waals surface area contributed by atoms with Crippen molar-refractivity contribution in [2.24, 2.45) is 0 Å². The summed E-state index contributed by atoms with van der Waals surface area (Å²) in [6, 6.07) is 3.37. The number of aromatic nitrogens is 2. The second-order valence-corrected chi connectivity index (χ2v) is 11.3. The van der Waals surface area contributed by atoms with Crippen LogP contribution in [0.1, 0.15) is 31.2 Å². The third-order valence-electron chi connectivity index (χ3n) is 6.42. The number of piperidine rings is 1. The Morgan fingerprint density at radius 1 is 1.17 bits per heavy atom. The van der Waals surface area contributed by atoms with Gasteiger partial charge in [-0.1, -0.05) is 0 Å². The number of benzene rings is 1. The second kappa shape index (κ2) is 9.23. The molecule has 0 spiro atoms. The zero-order valence-corrected chi connectivity index (χ0v) is 20.3. The monoisotopic (exact) mass is 506 g/mol. The van der Waals surface area contributed by atoms with Crippen molar-refractivity contribution >= 4 is 27.4 Å². The van der Waals surface area contributed by atoms with Gasteiger partial charge in [0.05, 0.1) is 41.4 Å². The molecule has 2 aliphatic heterocycles. The number of fused-ring (bicyclic) bond motifs is 2. The van der Waals surface area contributed by atoms with Crippen LogP contribution in [0.25, 0.3) is 0 Å². The van der Waals surface area contributed by atoms with Gasteiger partial charge in [-0.05, 0) is 38.0 Å². The summed E-state index contributed by atoms with van der Waals surface area (Å²) >= 11 is 0. The summed E-state index contributed by atoms with van der Waals surface area (Å²) in [6.07, 6.45) is 4.91. The molecule has 2 atom stereocenters. The van der Waals surface area contributed by atoms with E-state index < -0.39 is 15.7 Å². The molecular weight excluding hydrogens is 479 g/mol. The van der Waals surface area contributed by atoms with E-state index in [0.29, 0.717) is 43.3 Å². The minimum Gasteiger partial charge on any atom is -0.474 e. The number of carbonyl (C=O) groups excluding carboxylic acids is 1. The molecule has 10 nitrogen and oxygen atoms in total. The lowest BCUT2D eigenvalue weighted by molar-refractivity contribution is -0.0915. The number of morpholine rings is 1. The molecule has 2 bridgehead atoms. The number of hydrogen-bond acceptors (Lipinski definition) is 9. The van der Waals surface area contributed by atoms with Crippen LogP contribution >= 0.6 is 0 Å². The Hall–Kier alpha value is -2.99. The fourth-order valence-corrected chi connectivity index (χ4v) is 5.07. The molecule has 1 aromatic heterocycles. The van der Waals surface area contributed by atoms with E-state index in [-0.39, 0.29) is 41.0 Å². The van der Waals surface area contributed by atoms with Gasteiger partial charge in [0.15, 0.2) is 9.84 Å².